The van der Waals surface area contributed by atoms with Gasteiger partial charge in [0, 0.05) is 0 Å². The third kappa shape index (κ3) is 10.2. The molecule has 0 aromatic rings. The molecule has 0 aromatic heterocycles. The van der Waals surface area contributed by atoms with E-state index in [2.05, 4.69) is 0 Å². The third-order valence-corrected chi connectivity index (χ3v) is 4.33. The Hall–Kier alpha value is -0.706. The Bertz CT molecular complexity index is 383. The highest BCUT2D eigenvalue weighted by Gasteiger charge is 2.43. The van der Waals surface area contributed by atoms with Gasteiger partial charge in [0.15, 0.2) is 28.8 Å². The Morgan fingerprint density at radius 3 is 1.04 bits per heavy atom. The molecule has 0 spiro atoms. The van der Waals surface area contributed by atoms with Gasteiger partial charge in [0.25, 0.3) is 0 Å². The van der Waals surface area contributed by atoms with Crippen molar-refractivity contribution < 1.29 is 27.9 Å². The minimum Gasteiger partial charge on any atom is -0.461 e. The monoisotopic (exact) mass is 378 g/mol. The van der Waals surface area contributed by atoms with E-state index in [1.54, 1.807) is 27.7 Å². The molecule has 0 aromatic carbocycles. The maximum Gasteiger partial charge on any atom is 0.337 e. The number of ether oxygens (including phenoxy) is 2. The maximum absolute atomic E-state index is 12.6. The van der Waals surface area contributed by atoms with E-state index in [9.17, 15) is 9.59 Å². The van der Waals surface area contributed by atoms with Crippen LogP contribution in [0.4, 0.5) is 0 Å². The molecule has 0 heterocycles. The van der Waals surface area contributed by atoms with Crippen molar-refractivity contribution in [3.05, 3.63) is 0 Å². The lowest BCUT2D eigenvalue weighted by molar-refractivity contribution is -0.174. The molecule has 0 saturated heterocycles. The molecule has 0 unspecified atom stereocenters. The summed E-state index contributed by atoms with van der Waals surface area (Å²) < 4.78 is 22.5. The largest absolute Gasteiger partial charge is 0.461 e. The van der Waals surface area contributed by atoms with E-state index >= 15 is 0 Å². The quantitative estimate of drug-likeness (QED) is 0.453. The first-order chi connectivity index (χ1) is 10.6. The zero-order valence-corrected chi connectivity index (χ0v) is 18.8. The lowest BCUT2D eigenvalue weighted by Gasteiger charge is -2.34. The smallest absolute Gasteiger partial charge is 0.337 e. The van der Waals surface area contributed by atoms with Gasteiger partial charge < -0.3 is 18.3 Å². The molecule has 8 heteroatoms. The third-order valence-electron chi connectivity index (χ3n) is 2.40. The lowest BCUT2D eigenvalue weighted by Crippen LogP contribution is -2.53. The summed E-state index contributed by atoms with van der Waals surface area (Å²) >= 11 is 0. The first-order valence-corrected chi connectivity index (χ1v) is 15.2. The molecule has 0 N–H and O–H groups in total. The van der Waals surface area contributed by atoms with E-state index < -0.39 is 40.8 Å². The van der Waals surface area contributed by atoms with Crippen molar-refractivity contribution in [1.29, 1.82) is 0 Å². The number of carbonyl (C=O) groups is 2. The molecule has 0 aliphatic rings. The molecule has 0 aliphatic carbocycles. The van der Waals surface area contributed by atoms with Crippen LogP contribution in [0.15, 0.2) is 0 Å². The van der Waals surface area contributed by atoms with Crippen molar-refractivity contribution in [3.63, 3.8) is 0 Å². The standard InChI is InChI=1S/C16H34O6Si2/c1-11(2)19-15(17)13(21-23(5,6)7)14(22-24(8,9)10)16(18)20-12(3)4/h11-14H,1-10H3/t13-,14-/m0/s1. The molecular weight excluding hydrogens is 344 g/mol. The van der Waals surface area contributed by atoms with Crippen LogP contribution < -0.4 is 0 Å². The van der Waals surface area contributed by atoms with Crippen LogP contribution in [0.2, 0.25) is 39.3 Å². The van der Waals surface area contributed by atoms with Gasteiger partial charge in [-0.1, -0.05) is 0 Å². The second kappa shape index (κ2) is 9.12. The van der Waals surface area contributed by atoms with Crippen molar-refractivity contribution in [2.45, 2.75) is 91.4 Å². The Morgan fingerprint density at radius 2 is 0.875 bits per heavy atom. The van der Waals surface area contributed by atoms with Crippen LogP contribution in [0.25, 0.3) is 0 Å². The van der Waals surface area contributed by atoms with Crippen molar-refractivity contribution in [1.82, 2.24) is 0 Å². The average molecular weight is 379 g/mol. The van der Waals surface area contributed by atoms with Crippen LogP contribution in [0.1, 0.15) is 27.7 Å². The molecule has 0 fully saturated rings. The van der Waals surface area contributed by atoms with Gasteiger partial charge in [0.1, 0.15) is 0 Å². The van der Waals surface area contributed by atoms with Gasteiger partial charge >= 0.3 is 11.9 Å². The van der Waals surface area contributed by atoms with Crippen LogP contribution >= 0.6 is 0 Å². The fourth-order valence-corrected chi connectivity index (χ4v) is 3.79. The predicted molar refractivity (Wildman–Crippen MR) is 98.9 cm³/mol. The van der Waals surface area contributed by atoms with Crippen LogP contribution in [0.3, 0.4) is 0 Å². The van der Waals surface area contributed by atoms with E-state index in [1.165, 1.54) is 0 Å². The minimum absolute atomic E-state index is 0.307. The van der Waals surface area contributed by atoms with Gasteiger partial charge in [0.2, 0.25) is 0 Å². The van der Waals surface area contributed by atoms with E-state index in [-0.39, 0.29) is 12.2 Å². The topological polar surface area (TPSA) is 71.1 Å². The molecule has 2 atom stereocenters. The van der Waals surface area contributed by atoms with Gasteiger partial charge in [-0.3, -0.25) is 0 Å². The summed E-state index contributed by atoms with van der Waals surface area (Å²) in [5.74, 6) is -1.17. The molecule has 0 aliphatic heterocycles. The first-order valence-electron chi connectivity index (χ1n) is 8.39. The second-order valence-electron chi connectivity index (χ2n) is 8.27. The first kappa shape index (κ1) is 23.3. The molecule has 142 valence electrons. The van der Waals surface area contributed by atoms with Crippen molar-refractivity contribution in [2.75, 3.05) is 0 Å². The molecule has 0 amide bonds. The number of hydrogen-bond acceptors (Lipinski definition) is 6. The number of hydrogen-bond donors (Lipinski definition) is 0. The maximum atomic E-state index is 12.6. The molecule has 0 saturated carbocycles. The zero-order chi connectivity index (χ0) is 19.3. The van der Waals surface area contributed by atoms with Crippen LogP contribution in [-0.4, -0.2) is 53.0 Å². The van der Waals surface area contributed by atoms with Crippen LogP contribution in [0.5, 0.6) is 0 Å². The van der Waals surface area contributed by atoms with Crippen molar-refractivity contribution in [2.24, 2.45) is 0 Å². The summed E-state index contributed by atoms with van der Waals surface area (Å²) in [7, 11) is -4.26. The Kier molecular flexibility index (Phi) is 8.85. The van der Waals surface area contributed by atoms with Crippen LogP contribution in [0, 0.1) is 0 Å². The number of rotatable bonds is 9. The van der Waals surface area contributed by atoms with Gasteiger partial charge in [-0.25, -0.2) is 9.59 Å². The molecule has 24 heavy (non-hydrogen) atoms. The van der Waals surface area contributed by atoms with Crippen molar-refractivity contribution in [3.8, 4) is 0 Å². The van der Waals surface area contributed by atoms with Gasteiger partial charge in [-0.2, -0.15) is 0 Å². The van der Waals surface area contributed by atoms with E-state index in [1.807, 2.05) is 39.3 Å². The highest BCUT2D eigenvalue weighted by molar-refractivity contribution is 6.70. The van der Waals surface area contributed by atoms with Gasteiger partial charge in [-0.15, -0.1) is 0 Å². The highest BCUT2D eigenvalue weighted by atomic mass is 28.4. The summed E-state index contributed by atoms with van der Waals surface area (Å²) in [6.45, 7) is 18.7. The molecule has 0 rings (SSSR count). The minimum atomic E-state index is -2.13. The second-order valence-corrected chi connectivity index (χ2v) is 17.2. The fourth-order valence-electron chi connectivity index (χ4n) is 1.83. The summed E-state index contributed by atoms with van der Waals surface area (Å²) in [5.41, 5.74) is 0. The molecule has 0 radical (unpaired) electrons. The van der Waals surface area contributed by atoms with Crippen molar-refractivity contribution >= 4 is 28.6 Å². The van der Waals surface area contributed by atoms with E-state index in [4.69, 9.17) is 18.3 Å². The lowest BCUT2D eigenvalue weighted by atomic mass is 10.2. The summed E-state index contributed by atoms with van der Waals surface area (Å²) in [6, 6.07) is 0. The van der Waals surface area contributed by atoms with E-state index in [0.717, 1.165) is 0 Å². The summed E-state index contributed by atoms with van der Waals surface area (Å²) in [4.78, 5) is 25.1. The summed E-state index contributed by atoms with van der Waals surface area (Å²) in [5, 5.41) is 0. The van der Waals surface area contributed by atoms with Gasteiger partial charge in [-0.05, 0) is 67.0 Å². The Balaban J connectivity index is 5.67. The SMILES string of the molecule is CC(C)OC(=O)[C@@H](O[Si](C)(C)C)[C@H](O[Si](C)(C)C)C(=O)OC(C)C. The molecular formula is C16H34O6Si2. The Morgan fingerprint density at radius 1 is 0.625 bits per heavy atom. The normalized spacial score (nSPS) is 15.3. The van der Waals surface area contributed by atoms with Crippen LogP contribution in [-0.2, 0) is 27.9 Å². The van der Waals surface area contributed by atoms with E-state index in [0.29, 0.717) is 0 Å². The van der Waals surface area contributed by atoms with Gasteiger partial charge in [0.05, 0.1) is 12.2 Å². The predicted octanol–water partition coefficient (Wildman–Crippen LogP) is 3.33. The number of carbonyl (C=O) groups excluding carboxylic acids is 2. The summed E-state index contributed by atoms with van der Waals surface area (Å²) in [6.07, 6.45) is -2.84. The zero-order valence-electron chi connectivity index (χ0n) is 16.8. The Labute approximate surface area is 148 Å². The fraction of sp³-hybridized carbons (Fsp3) is 0.875. The highest BCUT2D eigenvalue weighted by Crippen LogP contribution is 2.20. The number of esters is 2. The molecule has 0 bridgehead atoms. The molecule has 6 nitrogen and oxygen atoms in total. The average Bonchev–Trinajstić information content (AvgIpc) is 2.29.